The van der Waals surface area contributed by atoms with Crippen molar-refractivity contribution in [2.24, 2.45) is 0 Å². The van der Waals surface area contributed by atoms with Gasteiger partial charge in [0.1, 0.15) is 5.75 Å². The molecule has 0 aliphatic rings. The van der Waals surface area contributed by atoms with Crippen LogP contribution in [-0.2, 0) is 11.2 Å². The molecule has 0 heterocycles. The second-order valence-corrected chi connectivity index (χ2v) is 8.21. The van der Waals surface area contributed by atoms with Crippen LogP contribution in [0.15, 0.2) is 24.3 Å². The minimum absolute atomic E-state index is 0. The van der Waals surface area contributed by atoms with Crippen LogP contribution in [-0.4, -0.2) is 35.5 Å². The average molecular weight is 413 g/mol. The van der Waals surface area contributed by atoms with Crippen LogP contribution >= 0.6 is 0 Å². The first-order valence-electron chi connectivity index (χ1n) is 12.1. The summed E-state index contributed by atoms with van der Waals surface area (Å²) < 4.78 is 5.47. The van der Waals surface area contributed by atoms with E-state index in [0.717, 1.165) is 19.3 Å². The number of unbranched alkanes of at least 4 members (excludes halogenated alkanes) is 13. The Hall–Kier alpha value is -0.310. The Kier molecular flexibility index (Phi) is 20.7. The molecule has 0 bridgehead atoms. The summed E-state index contributed by atoms with van der Waals surface area (Å²) in [5, 5.41) is 0. The van der Waals surface area contributed by atoms with E-state index in [-0.39, 0.29) is 35.5 Å². The first-order chi connectivity index (χ1) is 13.8. The molecule has 0 saturated carbocycles. The number of hydrogen-bond acceptors (Lipinski definition) is 2. The van der Waals surface area contributed by atoms with Crippen LogP contribution in [0.3, 0.4) is 0 Å². The summed E-state index contributed by atoms with van der Waals surface area (Å²) in [5.74, 6) is 0.594. The van der Waals surface area contributed by atoms with Gasteiger partial charge < -0.3 is 4.74 Å². The van der Waals surface area contributed by atoms with Gasteiger partial charge >= 0.3 is 35.5 Å². The predicted molar refractivity (Wildman–Crippen MR) is 128 cm³/mol. The molecule has 1 aromatic carbocycles. The molecule has 0 atom stereocenters. The Bertz CT molecular complexity index is 484. The third-order valence-electron chi connectivity index (χ3n) is 5.46. The van der Waals surface area contributed by atoms with Crippen LogP contribution in [0.25, 0.3) is 0 Å². The molecule has 0 N–H and O–H groups in total. The zero-order chi connectivity index (χ0) is 20.3. The fraction of sp³-hybridized carbons (Fsp3) is 0.731. The summed E-state index contributed by atoms with van der Waals surface area (Å²) in [7, 11) is 0. The molecule has 1 aromatic rings. The zero-order valence-corrected chi connectivity index (χ0v) is 18.6. The number of aryl methyl sites for hydroxylation is 1. The SMILES string of the molecule is CCCCCCCCCCc1ccc(OC(=O)CCCCCCCCC)cc1.[NaH]. The van der Waals surface area contributed by atoms with E-state index in [4.69, 9.17) is 4.74 Å². The summed E-state index contributed by atoms with van der Waals surface area (Å²) in [6.07, 6.45) is 21.0. The molecule has 0 fully saturated rings. The Morgan fingerprint density at radius 1 is 0.655 bits per heavy atom. The maximum absolute atomic E-state index is 11.9. The second kappa shape index (κ2) is 20.9. The van der Waals surface area contributed by atoms with Crippen LogP contribution < -0.4 is 4.74 Å². The molecular weight excluding hydrogens is 367 g/mol. The minimum atomic E-state index is -0.0932. The van der Waals surface area contributed by atoms with Crippen molar-refractivity contribution in [2.75, 3.05) is 0 Å². The number of carbonyl (C=O) groups is 1. The Morgan fingerprint density at radius 2 is 1.10 bits per heavy atom. The van der Waals surface area contributed by atoms with E-state index < -0.39 is 0 Å². The molecule has 0 unspecified atom stereocenters. The van der Waals surface area contributed by atoms with Crippen molar-refractivity contribution < 1.29 is 9.53 Å². The van der Waals surface area contributed by atoms with Gasteiger partial charge in [0, 0.05) is 6.42 Å². The van der Waals surface area contributed by atoms with E-state index in [9.17, 15) is 4.79 Å². The molecule has 0 aliphatic carbocycles. The van der Waals surface area contributed by atoms with Crippen LogP contribution in [0.4, 0.5) is 0 Å². The molecule has 2 nitrogen and oxygen atoms in total. The molecule has 0 radical (unpaired) electrons. The van der Waals surface area contributed by atoms with Crippen molar-refractivity contribution in [2.45, 2.75) is 123 Å². The van der Waals surface area contributed by atoms with E-state index in [1.807, 2.05) is 12.1 Å². The standard InChI is InChI=1S/C26H44O2.Na.H/c1-3-5-7-9-11-13-14-16-18-24-20-22-25(23-21-24)28-26(27)19-17-15-12-10-8-6-4-2;;/h20-23H,3-19H2,1-2H3;;. The third kappa shape index (κ3) is 17.1. The predicted octanol–water partition coefficient (Wildman–Crippen LogP) is 7.77. The van der Waals surface area contributed by atoms with Gasteiger partial charge in [0.15, 0.2) is 0 Å². The summed E-state index contributed by atoms with van der Waals surface area (Å²) in [5.41, 5.74) is 1.35. The van der Waals surface area contributed by atoms with Gasteiger partial charge in [-0.2, -0.15) is 0 Å². The molecular formula is C26H45NaO2. The molecule has 0 amide bonds. The maximum atomic E-state index is 11.9. The number of carbonyl (C=O) groups excluding carboxylic acids is 1. The van der Waals surface area contributed by atoms with E-state index in [1.54, 1.807) is 0 Å². The molecule has 29 heavy (non-hydrogen) atoms. The fourth-order valence-corrected chi connectivity index (χ4v) is 3.60. The molecule has 0 saturated heterocycles. The summed E-state index contributed by atoms with van der Waals surface area (Å²) >= 11 is 0. The van der Waals surface area contributed by atoms with Gasteiger partial charge in [-0.25, -0.2) is 0 Å². The molecule has 162 valence electrons. The number of rotatable bonds is 18. The van der Waals surface area contributed by atoms with E-state index in [1.165, 1.54) is 89.0 Å². The van der Waals surface area contributed by atoms with Gasteiger partial charge in [-0.05, 0) is 37.0 Å². The van der Waals surface area contributed by atoms with Crippen LogP contribution in [0, 0.1) is 0 Å². The molecule has 0 aliphatic heterocycles. The van der Waals surface area contributed by atoms with Crippen LogP contribution in [0.1, 0.15) is 122 Å². The Balaban J connectivity index is 0.00000784. The molecule has 0 aromatic heterocycles. The number of benzene rings is 1. The van der Waals surface area contributed by atoms with Gasteiger partial charge in [0.05, 0.1) is 0 Å². The van der Waals surface area contributed by atoms with Crippen molar-refractivity contribution in [3.05, 3.63) is 29.8 Å². The molecule has 0 spiro atoms. The molecule has 1 rings (SSSR count). The Morgan fingerprint density at radius 3 is 1.62 bits per heavy atom. The number of ether oxygens (including phenoxy) is 1. The second-order valence-electron chi connectivity index (χ2n) is 8.21. The van der Waals surface area contributed by atoms with Crippen molar-refractivity contribution in [1.82, 2.24) is 0 Å². The zero-order valence-electron chi connectivity index (χ0n) is 18.6. The van der Waals surface area contributed by atoms with Crippen LogP contribution in [0.5, 0.6) is 5.75 Å². The van der Waals surface area contributed by atoms with Gasteiger partial charge in [0.2, 0.25) is 0 Å². The summed E-state index contributed by atoms with van der Waals surface area (Å²) in [6.45, 7) is 4.50. The summed E-state index contributed by atoms with van der Waals surface area (Å²) in [4.78, 5) is 11.9. The number of esters is 1. The van der Waals surface area contributed by atoms with Crippen molar-refractivity contribution in [1.29, 1.82) is 0 Å². The fourth-order valence-electron chi connectivity index (χ4n) is 3.60. The number of hydrogen-bond donors (Lipinski definition) is 0. The average Bonchev–Trinajstić information content (AvgIpc) is 2.70. The normalized spacial score (nSPS) is 10.6. The van der Waals surface area contributed by atoms with E-state index in [2.05, 4.69) is 26.0 Å². The van der Waals surface area contributed by atoms with Gasteiger partial charge in [0.25, 0.3) is 0 Å². The van der Waals surface area contributed by atoms with Crippen molar-refractivity contribution in [3.8, 4) is 5.75 Å². The quantitative estimate of drug-likeness (QED) is 0.106. The topological polar surface area (TPSA) is 26.3 Å². The monoisotopic (exact) mass is 412 g/mol. The van der Waals surface area contributed by atoms with Gasteiger partial charge in [-0.15, -0.1) is 0 Å². The molecule has 3 heteroatoms. The van der Waals surface area contributed by atoms with Crippen molar-refractivity contribution in [3.63, 3.8) is 0 Å². The van der Waals surface area contributed by atoms with E-state index >= 15 is 0 Å². The first kappa shape index (κ1) is 28.7. The van der Waals surface area contributed by atoms with Crippen LogP contribution in [0.2, 0.25) is 0 Å². The van der Waals surface area contributed by atoms with Crippen molar-refractivity contribution >= 4 is 35.5 Å². The first-order valence-corrected chi connectivity index (χ1v) is 12.1. The summed E-state index contributed by atoms with van der Waals surface area (Å²) in [6, 6.07) is 8.11. The van der Waals surface area contributed by atoms with E-state index in [0.29, 0.717) is 12.2 Å². The third-order valence-corrected chi connectivity index (χ3v) is 5.46. The van der Waals surface area contributed by atoms with Gasteiger partial charge in [-0.3, -0.25) is 4.79 Å². The van der Waals surface area contributed by atoms with Gasteiger partial charge in [-0.1, -0.05) is 109 Å². The Labute approximate surface area is 202 Å².